The van der Waals surface area contributed by atoms with Crippen LogP contribution in [0, 0.1) is 11.3 Å². The van der Waals surface area contributed by atoms with Crippen LogP contribution in [0.1, 0.15) is 5.56 Å². The molecule has 1 heterocycles. The maximum atomic E-state index is 8.56. The lowest BCUT2D eigenvalue weighted by Crippen LogP contribution is -2.19. The van der Waals surface area contributed by atoms with Crippen LogP contribution in [0.25, 0.3) is 0 Å². The quantitative estimate of drug-likeness (QED) is 0.749. The Morgan fingerprint density at radius 3 is 3.00 bits per heavy atom. The number of nitrogens with zero attached hydrogens (tertiary/aromatic N) is 1. The molecule has 1 aromatic rings. The molecule has 2 rings (SSSR count). The van der Waals surface area contributed by atoms with E-state index in [4.69, 9.17) is 20.5 Å². The van der Waals surface area contributed by atoms with Gasteiger partial charge in [-0.05, 0) is 17.7 Å². The minimum Gasteiger partial charge on any atom is -0.454 e. The molecule has 0 saturated heterocycles. The van der Waals surface area contributed by atoms with Crippen LogP contribution in [0.3, 0.4) is 0 Å². The Morgan fingerprint density at radius 2 is 2.21 bits per heavy atom. The van der Waals surface area contributed by atoms with Crippen molar-refractivity contribution in [3.05, 3.63) is 23.8 Å². The monoisotopic (exact) mass is 190 g/mol. The summed E-state index contributed by atoms with van der Waals surface area (Å²) in [6.45, 7) is 0.267. The highest BCUT2D eigenvalue weighted by Crippen LogP contribution is 2.32. The van der Waals surface area contributed by atoms with Gasteiger partial charge >= 0.3 is 0 Å². The van der Waals surface area contributed by atoms with Crippen LogP contribution < -0.4 is 15.2 Å². The van der Waals surface area contributed by atoms with Crippen molar-refractivity contribution in [3.8, 4) is 17.6 Å². The third kappa shape index (κ3) is 1.63. The molecule has 1 atom stereocenters. The number of nitriles is 1. The first-order chi connectivity index (χ1) is 6.79. The summed E-state index contributed by atoms with van der Waals surface area (Å²) in [6.07, 6.45) is 0.535. The Morgan fingerprint density at radius 1 is 1.43 bits per heavy atom. The molecule has 2 N–H and O–H groups in total. The van der Waals surface area contributed by atoms with E-state index in [0.717, 1.165) is 17.1 Å². The SMILES string of the molecule is N#CC(N)Cc1ccc2c(c1)OCO2. The van der Waals surface area contributed by atoms with Crippen molar-refractivity contribution in [2.45, 2.75) is 12.5 Å². The van der Waals surface area contributed by atoms with Gasteiger partial charge in [-0.3, -0.25) is 0 Å². The summed E-state index contributed by atoms with van der Waals surface area (Å²) >= 11 is 0. The number of rotatable bonds is 2. The molecule has 0 amide bonds. The molecule has 1 unspecified atom stereocenters. The van der Waals surface area contributed by atoms with Crippen LogP contribution in [-0.4, -0.2) is 12.8 Å². The summed E-state index contributed by atoms with van der Waals surface area (Å²) in [5, 5.41) is 8.56. The van der Waals surface area contributed by atoms with Crippen molar-refractivity contribution in [2.75, 3.05) is 6.79 Å². The Balaban J connectivity index is 2.17. The van der Waals surface area contributed by atoms with Gasteiger partial charge in [-0.2, -0.15) is 5.26 Å². The Kier molecular flexibility index (Phi) is 2.25. The highest BCUT2D eigenvalue weighted by atomic mass is 16.7. The summed E-state index contributed by atoms with van der Waals surface area (Å²) in [4.78, 5) is 0. The lowest BCUT2D eigenvalue weighted by Gasteiger charge is -2.03. The molecule has 4 heteroatoms. The molecule has 0 spiro atoms. The van der Waals surface area contributed by atoms with E-state index < -0.39 is 6.04 Å². The zero-order chi connectivity index (χ0) is 9.97. The lowest BCUT2D eigenvalue weighted by molar-refractivity contribution is 0.174. The molecular weight excluding hydrogens is 180 g/mol. The summed E-state index contributed by atoms with van der Waals surface area (Å²) in [7, 11) is 0. The van der Waals surface area contributed by atoms with Gasteiger partial charge in [0.05, 0.1) is 12.1 Å². The van der Waals surface area contributed by atoms with Gasteiger partial charge in [-0.15, -0.1) is 0 Å². The number of benzene rings is 1. The molecule has 1 aliphatic heterocycles. The maximum Gasteiger partial charge on any atom is 0.231 e. The summed E-state index contributed by atoms with van der Waals surface area (Å²) < 4.78 is 10.4. The van der Waals surface area contributed by atoms with Gasteiger partial charge in [0, 0.05) is 6.42 Å². The van der Waals surface area contributed by atoms with Gasteiger partial charge in [0.1, 0.15) is 0 Å². The standard InChI is InChI=1S/C10H10N2O2/c11-5-8(12)3-7-1-2-9-10(4-7)14-6-13-9/h1-2,4,8H,3,6,12H2. The van der Waals surface area contributed by atoms with Crippen LogP contribution >= 0.6 is 0 Å². The smallest absolute Gasteiger partial charge is 0.231 e. The first-order valence-electron chi connectivity index (χ1n) is 4.33. The molecular formula is C10H10N2O2. The van der Waals surface area contributed by atoms with Gasteiger partial charge in [-0.25, -0.2) is 0 Å². The van der Waals surface area contributed by atoms with E-state index in [1.165, 1.54) is 0 Å². The van der Waals surface area contributed by atoms with Crippen LogP contribution in [0.2, 0.25) is 0 Å². The molecule has 4 nitrogen and oxygen atoms in total. The minimum atomic E-state index is -0.463. The third-order valence-electron chi connectivity index (χ3n) is 2.06. The topological polar surface area (TPSA) is 68.3 Å². The van der Waals surface area contributed by atoms with E-state index in [2.05, 4.69) is 0 Å². The number of ether oxygens (including phenoxy) is 2. The summed E-state index contributed by atoms with van der Waals surface area (Å²) in [5.41, 5.74) is 6.51. The van der Waals surface area contributed by atoms with E-state index in [-0.39, 0.29) is 6.79 Å². The van der Waals surface area contributed by atoms with Crippen LogP contribution in [0.5, 0.6) is 11.5 Å². The van der Waals surface area contributed by atoms with E-state index in [9.17, 15) is 0 Å². The van der Waals surface area contributed by atoms with Crippen LogP contribution in [-0.2, 0) is 6.42 Å². The molecule has 1 aliphatic rings. The first-order valence-corrected chi connectivity index (χ1v) is 4.33. The molecule has 0 radical (unpaired) electrons. The number of fused-ring (bicyclic) bond motifs is 1. The molecule has 0 fully saturated rings. The van der Waals surface area contributed by atoms with Crippen molar-refractivity contribution in [1.82, 2.24) is 0 Å². The zero-order valence-corrected chi connectivity index (χ0v) is 7.56. The Labute approximate surface area is 81.8 Å². The van der Waals surface area contributed by atoms with Gasteiger partial charge in [0.15, 0.2) is 11.5 Å². The second-order valence-electron chi connectivity index (χ2n) is 3.13. The number of hydrogen-bond acceptors (Lipinski definition) is 4. The second kappa shape index (κ2) is 3.56. The van der Waals surface area contributed by atoms with Crippen LogP contribution in [0.15, 0.2) is 18.2 Å². The predicted molar refractivity (Wildman–Crippen MR) is 49.9 cm³/mol. The summed E-state index contributed by atoms with van der Waals surface area (Å²) in [6, 6.07) is 7.11. The maximum absolute atomic E-state index is 8.56. The van der Waals surface area contributed by atoms with Gasteiger partial charge < -0.3 is 15.2 Å². The van der Waals surface area contributed by atoms with Crippen molar-refractivity contribution < 1.29 is 9.47 Å². The third-order valence-corrected chi connectivity index (χ3v) is 2.06. The molecule has 0 aliphatic carbocycles. The van der Waals surface area contributed by atoms with Gasteiger partial charge in [0.2, 0.25) is 6.79 Å². The van der Waals surface area contributed by atoms with Crippen molar-refractivity contribution in [2.24, 2.45) is 5.73 Å². The van der Waals surface area contributed by atoms with Crippen molar-refractivity contribution in [3.63, 3.8) is 0 Å². The van der Waals surface area contributed by atoms with Crippen LogP contribution in [0.4, 0.5) is 0 Å². The van der Waals surface area contributed by atoms with Gasteiger partial charge in [0.25, 0.3) is 0 Å². The van der Waals surface area contributed by atoms with Crippen molar-refractivity contribution >= 4 is 0 Å². The van der Waals surface area contributed by atoms with E-state index in [0.29, 0.717) is 6.42 Å². The Bertz CT molecular complexity index is 384. The predicted octanol–water partition coefficient (Wildman–Crippen LogP) is 0.809. The molecule has 0 aromatic heterocycles. The van der Waals surface area contributed by atoms with E-state index in [1.807, 2.05) is 24.3 Å². The van der Waals surface area contributed by atoms with E-state index in [1.54, 1.807) is 0 Å². The largest absolute Gasteiger partial charge is 0.454 e. The molecule has 0 bridgehead atoms. The summed E-state index contributed by atoms with van der Waals surface area (Å²) in [5.74, 6) is 1.48. The average molecular weight is 190 g/mol. The lowest BCUT2D eigenvalue weighted by atomic mass is 10.1. The second-order valence-corrected chi connectivity index (χ2v) is 3.13. The van der Waals surface area contributed by atoms with E-state index >= 15 is 0 Å². The minimum absolute atomic E-state index is 0.267. The fourth-order valence-corrected chi connectivity index (χ4v) is 1.37. The molecule has 0 saturated carbocycles. The number of nitrogens with two attached hydrogens (primary N) is 1. The first kappa shape index (κ1) is 8.85. The molecule has 72 valence electrons. The fourth-order valence-electron chi connectivity index (χ4n) is 1.37. The zero-order valence-electron chi connectivity index (χ0n) is 7.56. The van der Waals surface area contributed by atoms with Crippen molar-refractivity contribution in [1.29, 1.82) is 5.26 Å². The Hall–Kier alpha value is -1.73. The van der Waals surface area contributed by atoms with Gasteiger partial charge in [-0.1, -0.05) is 6.07 Å². The average Bonchev–Trinajstić information content (AvgIpc) is 2.64. The normalized spacial score (nSPS) is 14.9. The fraction of sp³-hybridized carbons (Fsp3) is 0.300. The number of hydrogen-bond donors (Lipinski definition) is 1. The highest BCUT2D eigenvalue weighted by molar-refractivity contribution is 5.44. The molecule has 1 aromatic carbocycles. The highest BCUT2D eigenvalue weighted by Gasteiger charge is 2.13. The molecule has 14 heavy (non-hydrogen) atoms.